The maximum absolute atomic E-state index is 12.9. The molecule has 0 saturated carbocycles. The van der Waals surface area contributed by atoms with Gasteiger partial charge in [-0.25, -0.2) is 4.98 Å². The van der Waals surface area contributed by atoms with Crippen LogP contribution >= 0.6 is 0 Å². The van der Waals surface area contributed by atoms with Gasteiger partial charge in [0.25, 0.3) is 0 Å². The van der Waals surface area contributed by atoms with Crippen LogP contribution in [0.4, 0.5) is 0 Å². The predicted molar refractivity (Wildman–Crippen MR) is 96.3 cm³/mol. The molecule has 5 nitrogen and oxygen atoms in total. The highest BCUT2D eigenvalue weighted by atomic mass is 16.5. The van der Waals surface area contributed by atoms with Gasteiger partial charge in [0.2, 0.25) is 11.8 Å². The second-order valence-electron chi connectivity index (χ2n) is 7.45. The minimum atomic E-state index is -0.305. The number of oxazole rings is 1. The molecule has 1 saturated heterocycles. The molecule has 5 heteroatoms. The van der Waals surface area contributed by atoms with Crippen molar-refractivity contribution in [2.24, 2.45) is 0 Å². The van der Waals surface area contributed by atoms with Crippen molar-refractivity contribution >= 4 is 5.91 Å². The summed E-state index contributed by atoms with van der Waals surface area (Å²) in [4.78, 5) is 19.4. The summed E-state index contributed by atoms with van der Waals surface area (Å²) in [6, 6.07) is 7.96. The Morgan fingerprint density at radius 3 is 2.76 bits per heavy atom. The molecule has 25 heavy (non-hydrogen) atoms. The predicted octanol–water partition coefficient (Wildman–Crippen LogP) is 3.53. The molecule has 3 rings (SSSR count). The maximum Gasteiger partial charge on any atom is 0.229 e. The van der Waals surface area contributed by atoms with Gasteiger partial charge in [-0.3, -0.25) is 4.79 Å². The summed E-state index contributed by atoms with van der Waals surface area (Å²) in [6.45, 7) is 11.1. The van der Waals surface area contributed by atoms with Crippen molar-refractivity contribution in [1.82, 2.24) is 9.88 Å². The molecule has 2 heterocycles. The summed E-state index contributed by atoms with van der Waals surface area (Å²) >= 11 is 0. The fourth-order valence-electron chi connectivity index (χ4n) is 3.18. The Hall–Kier alpha value is -2.14. The van der Waals surface area contributed by atoms with Crippen LogP contribution in [-0.2, 0) is 16.0 Å². The number of rotatable bonds is 3. The van der Waals surface area contributed by atoms with E-state index in [1.807, 2.05) is 63.8 Å². The zero-order chi connectivity index (χ0) is 18.2. The molecule has 1 aliphatic heterocycles. The van der Waals surface area contributed by atoms with Gasteiger partial charge in [-0.2, -0.15) is 0 Å². The SMILES string of the molecule is Cc1ccccc1-c1nc(CC(=O)N2CC(C)OCC2(C)C)c(C)o1. The molecule has 0 aliphatic carbocycles. The summed E-state index contributed by atoms with van der Waals surface area (Å²) in [7, 11) is 0. The van der Waals surface area contributed by atoms with Crippen LogP contribution in [0.5, 0.6) is 0 Å². The molecule has 0 radical (unpaired) electrons. The van der Waals surface area contributed by atoms with Crippen LogP contribution in [0, 0.1) is 13.8 Å². The number of ether oxygens (including phenoxy) is 1. The van der Waals surface area contributed by atoms with Gasteiger partial charge in [-0.15, -0.1) is 0 Å². The summed E-state index contributed by atoms with van der Waals surface area (Å²) in [5, 5.41) is 0. The minimum absolute atomic E-state index is 0.0536. The third-order valence-corrected chi connectivity index (χ3v) is 4.78. The van der Waals surface area contributed by atoms with Gasteiger partial charge in [-0.1, -0.05) is 18.2 Å². The van der Waals surface area contributed by atoms with Gasteiger partial charge in [0.15, 0.2) is 0 Å². The van der Waals surface area contributed by atoms with Crippen molar-refractivity contribution in [3.05, 3.63) is 41.3 Å². The highest BCUT2D eigenvalue weighted by Gasteiger charge is 2.37. The molecule has 0 N–H and O–H groups in total. The summed E-state index contributed by atoms with van der Waals surface area (Å²) in [6.07, 6.45) is 0.301. The zero-order valence-corrected chi connectivity index (χ0v) is 15.6. The summed E-state index contributed by atoms with van der Waals surface area (Å²) in [5.41, 5.74) is 2.47. The lowest BCUT2D eigenvalue weighted by Crippen LogP contribution is -2.58. The highest BCUT2D eigenvalue weighted by Crippen LogP contribution is 2.27. The number of benzene rings is 1. The van der Waals surface area contributed by atoms with E-state index in [1.165, 1.54) is 0 Å². The number of morpholine rings is 1. The molecule has 0 spiro atoms. The molecule has 1 amide bonds. The quantitative estimate of drug-likeness (QED) is 0.856. The molecule has 1 aromatic carbocycles. The number of hydrogen-bond donors (Lipinski definition) is 0. The van der Waals surface area contributed by atoms with E-state index in [0.717, 1.165) is 11.1 Å². The number of aromatic nitrogens is 1. The standard InChI is InChI=1S/C20H26N2O3/c1-13-8-6-7-9-16(13)19-21-17(15(3)25-19)10-18(23)22-11-14(2)24-12-20(22,4)5/h6-9,14H,10-12H2,1-5H3. The average molecular weight is 342 g/mol. The minimum Gasteiger partial charge on any atom is -0.441 e. The van der Waals surface area contributed by atoms with Crippen molar-refractivity contribution in [3.63, 3.8) is 0 Å². The Kier molecular flexibility index (Phi) is 4.69. The largest absolute Gasteiger partial charge is 0.441 e. The molecule has 1 unspecified atom stereocenters. The van der Waals surface area contributed by atoms with Gasteiger partial charge in [0.05, 0.1) is 30.4 Å². The van der Waals surface area contributed by atoms with Gasteiger partial charge >= 0.3 is 0 Å². The lowest BCUT2D eigenvalue weighted by Gasteiger charge is -2.44. The number of amides is 1. The second-order valence-corrected chi connectivity index (χ2v) is 7.45. The molecular formula is C20H26N2O3. The number of nitrogens with zero attached hydrogens (tertiary/aromatic N) is 2. The van der Waals surface area contributed by atoms with E-state index in [2.05, 4.69) is 4.98 Å². The molecule has 1 aromatic heterocycles. The highest BCUT2D eigenvalue weighted by molar-refractivity contribution is 5.79. The molecule has 134 valence electrons. The van der Waals surface area contributed by atoms with Gasteiger partial charge in [0, 0.05) is 12.1 Å². The smallest absolute Gasteiger partial charge is 0.229 e. The van der Waals surface area contributed by atoms with Crippen molar-refractivity contribution < 1.29 is 13.9 Å². The van der Waals surface area contributed by atoms with E-state index >= 15 is 0 Å². The fraction of sp³-hybridized carbons (Fsp3) is 0.500. The first-order chi connectivity index (χ1) is 11.8. The first-order valence-corrected chi connectivity index (χ1v) is 8.72. The first-order valence-electron chi connectivity index (χ1n) is 8.72. The normalized spacial score (nSPS) is 19.9. The third-order valence-electron chi connectivity index (χ3n) is 4.78. The lowest BCUT2D eigenvalue weighted by molar-refractivity contribution is -0.152. The van der Waals surface area contributed by atoms with Crippen LogP contribution in [0.3, 0.4) is 0 Å². The van der Waals surface area contributed by atoms with E-state index in [-0.39, 0.29) is 24.0 Å². The lowest BCUT2D eigenvalue weighted by atomic mass is 10.00. The van der Waals surface area contributed by atoms with E-state index < -0.39 is 0 Å². The van der Waals surface area contributed by atoms with Crippen LogP contribution in [0.15, 0.2) is 28.7 Å². The van der Waals surface area contributed by atoms with Gasteiger partial charge < -0.3 is 14.1 Å². The molecule has 1 fully saturated rings. The third kappa shape index (κ3) is 3.61. The van der Waals surface area contributed by atoms with Crippen molar-refractivity contribution in [3.8, 4) is 11.5 Å². The van der Waals surface area contributed by atoms with E-state index in [1.54, 1.807) is 0 Å². The van der Waals surface area contributed by atoms with E-state index in [4.69, 9.17) is 9.15 Å². The summed E-state index contributed by atoms with van der Waals surface area (Å²) in [5.74, 6) is 1.34. The summed E-state index contributed by atoms with van der Waals surface area (Å²) < 4.78 is 11.5. The average Bonchev–Trinajstić information content (AvgIpc) is 2.90. The number of carbonyl (C=O) groups is 1. The van der Waals surface area contributed by atoms with Crippen molar-refractivity contribution in [2.75, 3.05) is 13.2 Å². The van der Waals surface area contributed by atoms with Crippen molar-refractivity contribution in [2.45, 2.75) is 52.7 Å². The Labute approximate surface area is 149 Å². The topological polar surface area (TPSA) is 55.6 Å². The van der Waals surface area contributed by atoms with Crippen molar-refractivity contribution in [1.29, 1.82) is 0 Å². The van der Waals surface area contributed by atoms with E-state index in [0.29, 0.717) is 30.5 Å². The Balaban J connectivity index is 1.81. The number of aryl methyl sites for hydroxylation is 2. The fourth-order valence-corrected chi connectivity index (χ4v) is 3.18. The monoisotopic (exact) mass is 342 g/mol. The molecule has 2 aromatic rings. The van der Waals surface area contributed by atoms with E-state index in [9.17, 15) is 4.79 Å². The Morgan fingerprint density at radius 2 is 2.04 bits per heavy atom. The van der Waals surface area contributed by atoms with Crippen LogP contribution in [0.25, 0.3) is 11.5 Å². The molecule has 0 bridgehead atoms. The number of hydrogen-bond acceptors (Lipinski definition) is 4. The Morgan fingerprint density at radius 1 is 1.32 bits per heavy atom. The van der Waals surface area contributed by atoms with Gasteiger partial charge in [0.1, 0.15) is 5.76 Å². The first kappa shape index (κ1) is 17.7. The number of carbonyl (C=O) groups excluding carboxylic acids is 1. The Bertz CT molecular complexity index is 779. The van der Waals surface area contributed by atoms with Crippen LogP contribution in [0.1, 0.15) is 37.8 Å². The van der Waals surface area contributed by atoms with Crippen LogP contribution in [0.2, 0.25) is 0 Å². The molecule has 1 aliphatic rings. The molecule has 1 atom stereocenters. The maximum atomic E-state index is 12.9. The zero-order valence-electron chi connectivity index (χ0n) is 15.6. The second kappa shape index (κ2) is 6.64. The van der Waals surface area contributed by atoms with Crippen LogP contribution < -0.4 is 0 Å². The van der Waals surface area contributed by atoms with Crippen LogP contribution in [-0.4, -0.2) is 40.6 Å². The molecular weight excluding hydrogens is 316 g/mol. The van der Waals surface area contributed by atoms with Gasteiger partial charge in [-0.05, 0) is 46.2 Å².